The van der Waals surface area contributed by atoms with Gasteiger partial charge in [0.15, 0.2) is 5.82 Å². The average molecular weight is 561 g/mol. The summed E-state index contributed by atoms with van der Waals surface area (Å²) in [5.41, 5.74) is 6.61. The molecule has 1 aromatic carbocycles. The first-order valence-electron chi connectivity index (χ1n) is 14.2. The fourth-order valence-electron chi connectivity index (χ4n) is 5.36. The Balaban J connectivity index is 1.34. The topological polar surface area (TPSA) is 88.9 Å². The number of amides is 1. The van der Waals surface area contributed by atoms with Gasteiger partial charge in [0.25, 0.3) is 0 Å². The number of nitrogens with zero attached hydrogens (tertiary/aromatic N) is 5. The fraction of sp³-hybridized carbons (Fsp3) is 0.467. The molecule has 2 aliphatic rings. The number of aromatic nitrogens is 5. The Morgan fingerprint density at radius 1 is 1.20 bits per heavy atom. The first kappa shape index (κ1) is 26.8. The largest absolute Gasteiger partial charge is 0.361 e. The van der Waals surface area contributed by atoms with E-state index in [1.807, 2.05) is 17.0 Å². The van der Waals surface area contributed by atoms with Gasteiger partial charge in [0.2, 0.25) is 5.91 Å². The standard InChI is InChI=1S/C30H37FN6O2Si/c1-6-19-11-18(2)23(31)12-21(19)24-13-25-22(14-32-24)28(35-34-25)29-33-26-15-36(30(38)20-7-8-20)16-27(26)37(29)17-39-9-10-40(3,4)5/h11-14,20H,6-10,15-17H2,1-5H3,(H,34,35). The molecule has 0 saturated heterocycles. The molecule has 0 bridgehead atoms. The molecule has 0 spiro atoms. The lowest BCUT2D eigenvalue weighted by Crippen LogP contribution is -2.27. The second kappa shape index (κ2) is 10.2. The number of halogens is 1. The van der Waals surface area contributed by atoms with E-state index in [0.29, 0.717) is 49.2 Å². The average Bonchev–Trinajstić information content (AvgIpc) is 3.42. The predicted molar refractivity (Wildman–Crippen MR) is 156 cm³/mol. The Kier molecular flexibility index (Phi) is 6.86. The van der Waals surface area contributed by atoms with Crippen LogP contribution in [-0.2, 0) is 35.8 Å². The number of benzene rings is 1. The lowest BCUT2D eigenvalue weighted by Gasteiger charge is -2.18. The number of H-pyrrole nitrogens is 1. The van der Waals surface area contributed by atoms with Crippen molar-refractivity contribution in [2.24, 2.45) is 5.92 Å². The van der Waals surface area contributed by atoms with Gasteiger partial charge in [0, 0.05) is 37.7 Å². The maximum atomic E-state index is 14.5. The maximum Gasteiger partial charge on any atom is 0.226 e. The molecule has 1 aliphatic heterocycles. The molecular formula is C30H37FN6O2Si. The molecule has 4 heterocycles. The van der Waals surface area contributed by atoms with Crippen molar-refractivity contribution in [3.8, 4) is 22.8 Å². The summed E-state index contributed by atoms with van der Waals surface area (Å²) in [6.07, 6.45) is 4.55. The summed E-state index contributed by atoms with van der Waals surface area (Å²) >= 11 is 0. The van der Waals surface area contributed by atoms with Gasteiger partial charge in [-0.25, -0.2) is 9.37 Å². The van der Waals surface area contributed by atoms with E-state index in [1.165, 1.54) is 0 Å². The van der Waals surface area contributed by atoms with Crippen LogP contribution in [0.15, 0.2) is 24.4 Å². The molecule has 1 amide bonds. The number of aromatic amines is 1. The number of carbonyl (C=O) groups excluding carboxylic acids is 1. The minimum absolute atomic E-state index is 0.177. The van der Waals surface area contributed by atoms with E-state index in [9.17, 15) is 9.18 Å². The molecule has 40 heavy (non-hydrogen) atoms. The van der Waals surface area contributed by atoms with Crippen LogP contribution in [-0.4, -0.2) is 50.2 Å². The number of imidazole rings is 1. The minimum atomic E-state index is -1.23. The molecule has 3 aromatic heterocycles. The molecule has 1 N–H and O–H groups in total. The van der Waals surface area contributed by atoms with Crippen LogP contribution >= 0.6 is 0 Å². The van der Waals surface area contributed by atoms with Crippen LogP contribution in [0, 0.1) is 18.7 Å². The lowest BCUT2D eigenvalue weighted by atomic mass is 9.98. The number of hydrogen-bond donors (Lipinski definition) is 1. The van der Waals surface area contributed by atoms with Gasteiger partial charge in [0.1, 0.15) is 18.2 Å². The summed E-state index contributed by atoms with van der Waals surface area (Å²) in [6.45, 7) is 13.0. The molecule has 0 radical (unpaired) electrons. The van der Waals surface area contributed by atoms with E-state index in [0.717, 1.165) is 58.7 Å². The molecule has 210 valence electrons. The highest BCUT2D eigenvalue weighted by atomic mass is 28.3. The molecule has 1 saturated carbocycles. The quantitative estimate of drug-likeness (QED) is 0.198. The van der Waals surface area contributed by atoms with E-state index in [1.54, 1.807) is 19.2 Å². The zero-order valence-corrected chi connectivity index (χ0v) is 25.0. The number of aryl methyl sites for hydroxylation is 2. The number of fused-ring (bicyclic) bond motifs is 2. The third-order valence-corrected chi connectivity index (χ3v) is 9.70. The molecule has 8 nitrogen and oxygen atoms in total. The number of pyridine rings is 1. The van der Waals surface area contributed by atoms with Crippen molar-refractivity contribution in [2.45, 2.75) is 78.6 Å². The van der Waals surface area contributed by atoms with Gasteiger partial charge in [-0.05, 0) is 55.5 Å². The van der Waals surface area contributed by atoms with Crippen molar-refractivity contribution in [3.05, 3.63) is 52.7 Å². The van der Waals surface area contributed by atoms with Gasteiger partial charge in [-0.15, -0.1) is 0 Å². The number of hydrogen-bond acceptors (Lipinski definition) is 5. The van der Waals surface area contributed by atoms with Gasteiger partial charge in [-0.1, -0.05) is 32.6 Å². The van der Waals surface area contributed by atoms with E-state index >= 15 is 0 Å². The first-order chi connectivity index (χ1) is 19.1. The van der Waals surface area contributed by atoms with Crippen LogP contribution in [0.1, 0.15) is 42.3 Å². The normalized spacial score (nSPS) is 15.3. The third-order valence-electron chi connectivity index (χ3n) is 7.99. The van der Waals surface area contributed by atoms with E-state index in [2.05, 4.69) is 41.3 Å². The van der Waals surface area contributed by atoms with Crippen molar-refractivity contribution < 1.29 is 13.9 Å². The molecule has 4 aromatic rings. The number of carbonyl (C=O) groups is 1. The summed E-state index contributed by atoms with van der Waals surface area (Å²) in [6, 6.07) is 6.47. The van der Waals surface area contributed by atoms with Gasteiger partial charge >= 0.3 is 0 Å². The fourth-order valence-corrected chi connectivity index (χ4v) is 6.12. The second-order valence-corrected chi connectivity index (χ2v) is 18.0. The van der Waals surface area contributed by atoms with E-state index in [4.69, 9.17) is 14.7 Å². The van der Waals surface area contributed by atoms with Crippen molar-refractivity contribution in [2.75, 3.05) is 6.61 Å². The molecule has 0 atom stereocenters. The van der Waals surface area contributed by atoms with Crippen molar-refractivity contribution >= 4 is 24.9 Å². The summed E-state index contributed by atoms with van der Waals surface area (Å²) in [5.74, 6) is 0.884. The Bertz CT molecular complexity index is 1600. The number of nitrogens with one attached hydrogen (secondary N) is 1. The van der Waals surface area contributed by atoms with Crippen LogP contribution in [0.2, 0.25) is 25.7 Å². The number of ether oxygens (including phenoxy) is 1. The molecular weight excluding hydrogens is 523 g/mol. The Morgan fingerprint density at radius 3 is 2.73 bits per heavy atom. The molecule has 1 fully saturated rings. The van der Waals surface area contributed by atoms with Gasteiger partial charge < -0.3 is 14.2 Å². The maximum absolute atomic E-state index is 14.5. The monoisotopic (exact) mass is 560 g/mol. The van der Waals surface area contributed by atoms with Crippen molar-refractivity contribution in [3.63, 3.8) is 0 Å². The first-order valence-corrected chi connectivity index (χ1v) is 17.9. The summed E-state index contributed by atoms with van der Waals surface area (Å²) in [7, 11) is -1.23. The zero-order valence-electron chi connectivity index (χ0n) is 24.0. The highest BCUT2D eigenvalue weighted by Crippen LogP contribution is 2.37. The van der Waals surface area contributed by atoms with E-state index in [-0.39, 0.29) is 17.6 Å². The van der Waals surface area contributed by atoms with Crippen LogP contribution in [0.25, 0.3) is 33.7 Å². The van der Waals surface area contributed by atoms with Crippen LogP contribution in [0.4, 0.5) is 4.39 Å². The van der Waals surface area contributed by atoms with Gasteiger partial charge in [-0.3, -0.25) is 14.9 Å². The van der Waals surface area contributed by atoms with Gasteiger partial charge in [0.05, 0.1) is 35.7 Å². The zero-order chi connectivity index (χ0) is 28.2. The molecule has 6 rings (SSSR count). The minimum Gasteiger partial charge on any atom is -0.361 e. The Morgan fingerprint density at radius 2 is 2.00 bits per heavy atom. The Labute approximate surface area is 235 Å². The molecule has 0 unspecified atom stereocenters. The van der Waals surface area contributed by atoms with Gasteiger partial charge in [-0.2, -0.15) is 5.10 Å². The second-order valence-electron chi connectivity index (χ2n) is 12.4. The molecule has 10 heteroatoms. The molecule has 1 aliphatic carbocycles. The third kappa shape index (κ3) is 5.10. The SMILES string of the molecule is CCc1cc(C)c(F)cc1-c1cc2[nH]nc(-c3nc4c(n3COCC[Si](C)(C)C)CN(C(=O)C3CC3)C4)c2cn1. The highest BCUT2D eigenvalue weighted by molar-refractivity contribution is 6.76. The van der Waals surface area contributed by atoms with E-state index < -0.39 is 8.07 Å². The lowest BCUT2D eigenvalue weighted by molar-refractivity contribution is -0.133. The summed E-state index contributed by atoms with van der Waals surface area (Å²) in [5, 5.41) is 8.65. The summed E-state index contributed by atoms with van der Waals surface area (Å²) in [4.78, 5) is 24.4. The predicted octanol–water partition coefficient (Wildman–Crippen LogP) is 6.06. The Hall–Kier alpha value is -3.37. The van der Waals surface area contributed by atoms with Crippen molar-refractivity contribution in [1.29, 1.82) is 0 Å². The van der Waals surface area contributed by atoms with Crippen LogP contribution < -0.4 is 0 Å². The number of rotatable bonds is 9. The summed E-state index contributed by atoms with van der Waals surface area (Å²) < 4.78 is 22.7. The highest BCUT2D eigenvalue weighted by Gasteiger charge is 2.38. The van der Waals surface area contributed by atoms with Crippen LogP contribution in [0.5, 0.6) is 0 Å². The van der Waals surface area contributed by atoms with Crippen LogP contribution in [0.3, 0.4) is 0 Å². The smallest absolute Gasteiger partial charge is 0.226 e. The van der Waals surface area contributed by atoms with Crippen molar-refractivity contribution in [1.82, 2.24) is 29.6 Å².